The van der Waals surface area contributed by atoms with Crippen molar-refractivity contribution in [1.82, 2.24) is 25.2 Å². The van der Waals surface area contributed by atoms with Gasteiger partial charge in [-0.2, -0.15) is 31.3 Å². The zero-order valence-corrected chi connectivity index (χ0v) is 24.4. The SMILES string of the molecule is C[C@H](O)C(=O)NCc1ccc(C(F)(F)F)c(Nc2nc3cc(C(=O)N[C@H]4CC[C@H](C(F)(F)F)CC4)c(OCC(F)F)nc3n2C)c1. The van der Waals surface area contributed by atoms with Gasteiger partial charge in [0.05, 0.1) is 17.2 Å². The number of hydrogen-bond donors (Lipinski definition) is 4. The molecule has 1 aromatic carbocycles. The zero-order valence-electron chi connectivity index (χ0n) is 24.4. The Labute approximate surface area is 256 Å². The Morgan fingerprint density at radius 1 is 1.07 bits per heavy atom. The largest absolute Gasteiger partial charge is 0.471 e. The maximum Gasteiger partial charge on any atom is 0.418 e. The minimum atomic E-state index is -4.81. The lowest BCUT2D eigenvalue weighted by Gasteiger charge is -2.30. The molecular weight excluding hydrogens is 636 g/mol. The summed E-state index contributed by atoms with van der Waals surface area (Å²) in [6.45, 7) is -0.135. The van der Waals surface area contributed by atoms with Crippen LogP contribution in [0, 0.1) is 5.92 Å². The number of fused-ring (bicyclic) bond motifs is 1. The van der Waals surface area contributed by atoms with E-state index in [0.717, 1.165) is 24.3 Å². The summed E-state index contributed by atoms with van der Waals surface area (Å²) in [7, 11) is 1.36. The van der Waals surface area contributed by atoms with Crippen molar-refractivity contribution in [2.24, 2.45) is 13.0 Å². The predicted molar refractivity (Wildman–Crippen MR) is 148 cm³/mol. The van der Waals surface area contributed by atoms with Crippen molar-refractivity contribution in [1.29, 1.82) is 0 Å². The first-order chi connectivity index (χ1) is 21.4. The highest BCUT2D eigenvalue weighted by Crippen LogP contribution is 2.39. The van der Waals surface area contributed by atoms with E-state index in [1.54, 1.807) is 0 Å². The zero-order chi connectivity index (χ0) is 34.0. The Morgan fingerprint density at radius 2 is 1.74 bits per heavy atom. The molecule has 252 valence electrons. The fourth-order valence-electron chi connectivity index (χ4n) is 4.96. The molecule has 10 nitrogen and oxygen atoms in total. The monoisotopic (exact) mass is 666 g/mol. The number of nitrogens with one attached hydrogen (secondary N) is 3. The molecule has 1 fully saturated rings. The van der Waals surface area contributed by atoms with Gasteiger partial charge in [-0.1, -0.05) is 6.07 Å². The molecule has 4 rings (SSSR count). The van der Waals surface area contributed by atoms with E-state index >= 15 is 0 Å². The van der Waals surface area contributed by atoms with Gasteiger partial charge in [0.15, 0.2) is 12.3 Å². The minimum Gasteiger partial charge on any atom is -0.471 e. The first kappa shape index (κ1) is 34.6. The molecule has 1 aliphatic rings. The Kier molecular flexibility index (Phi) is 10.3. The van der Waals surface area contributed by atoms with Crippen molar-refractivity contribution in [2.45, 2.75) is 70.1 Å². The molecule has 0 aliphatic heterocycles. The number of aliphatic hydroxyl groups is 1. The van der Waals surface area contributed by atoms with Crippen molar-refractivity contribution in [2.75, 3.05) is 11.9 Å². The van der Waals surface area contributed by atoms with E-state index in [4.69, 9.17) is 4.74 Å². The molecule has 0 unspecified atom stereocenters. The van der Waals surface area contributed by atoms with Crippen molar-refractivity contribution >= 4 is 34.6 Å². The predicted octanol–water partition coefficient (Wildman–Crippen LogP) is 5.22. The second kappa shape index (κ2) is 13.6. The molecule has 1 aliphatic carbocycles. The standard InChI is InChI=1S/C28H30F8N6O4/c1-13(43)23(44)37-11-14-3-8-18(28(34,35)36)19(9-14)39-26-40-20-10-17(25(46-12-21(29)30)41-22(20)42(26)2)24(45)38-16-6-4-15(5-7-16)27(31,32)33/h3,8-10,13,15-16,21,43H,4-7,11-12H2,1-2H3,(H,37,44)(H,38,45)(H,39,40)/t13-,15-,16-/m0/s1. The third-order valence-corrected chi connectivity index (χ3v) is 7.41. The Morgan fingerprint density at radius 3 is 2.33 bits per heavy atom. The molecule has 2 aromatic heterocycles. The van der Waals surface area contributed by atoms with Crippen LogP contribution in [0.3, 0.4) is 0 Å². The molecule has 0 radical (unpaired) electrons. The molecule has 4 N–H and O–H groups in total. The molecule has 1 saturated carbocycles. The summed E-state index contributed by atoms with van der Waals surface area (Å²) in [4.78, 5) is 33.2. The van der Waals surface area contributed by atoms with E-state index in [1.165, 1.54) is 18.5 Å². The highest BCUT2D eigenvalue weighted by molar-refractivity contribution is 5.99. The number of halogens is 8. The number of pyridine rings is 1. The average Bonchev–Trinajstić information content (AvgIpc) is 3.27. The lowest BCUT2D eigenvalue weighted by Crippen LogP contribution is -2.40. The number of nitrogens with zero attached hydrogens (tertiary/aromatic N) is 3. The fraction of sp³-hybridized carbons (Fsp3) is 0.500. The summed E-state index contributed by atoms with van der Waals surface area (Å²) in [5.74, 6) is -3.82. The maximum absolute atomic E-state index is 13.9. The highest BCUT2D eigenvalue weighted by Gasteiger charge is 2.41. The molecule has 18 heteroatoms. The number of aromatic nitrogens is 3. The Hall–Kier alpha value is -4.22. The van der Waals surface area contributed by atoms with Gasteiger partial charge in [-0.15, -0.1) is 0 Å². The van der Waals surface area contributed by atoms with Crippen LogP contribution in [-0.2, 0) is 24.6 Å². The number of carbonyl (C=O) groups is 2. The van der Waals surface area contributed by atoms with Crippen LogP contribution < -0.4 is 20.7 Å². The van der Waals surface area contributed by atoms with Crippen molar-refractivity contribution < 1.29 is 54.6 Å². The van der Waals surface area contributed by atoms with Gasteiger partial charge in [0.1, 0.15) is 17.2 Å². The quantitative estimate of drug-likeness (QED) is 0.218. The van der Waals surface area contributed by atoms with Gasteiger partial charge >= 0.3 is 12.4 Å². The molecule has 46 heavy (non-hydrogen) atoms. The molecule has 3 aromatic rings. The Balaban J connectivity index is 1.65. The number of rotatable bonds is 10. The van der Waals surface area contributed by atoms with Crippen LogP contribution >= 0.6 is 0 Å². The third-order valence-electron chi connectivity index (χ3n) is 7.41. The smallest absolute Gasteiger partial charge is 0.418 e. The average molecular weight is 667 g/mol. The normalized spacial score (nSPS) is 18.0. The topological polar surface area (TPSA) is 130 Å². The van der Waals surface area contributed by atoms with E-state index in [9.17, 15) is 49.8 Å². The Bertz CT molecular complexity index is 1570. The third kappa shape index (κ3) is 8.32. The summed E-state index contributed by atoms with van der Waals surface area (Å²) in [5, 5.41) is 16.9. The fourth-order valence-corrected chi connectivity index (χ4v) is 4.96. The molecule has 2 heterocycles. The summed E-state index contributed by atoms with van der Waals surface area (Å²) in [6.07, 6.45) is -13.8. The van der Waals surface area contributed by atoms with Gasteiger partial charge in [0.2, 0.25) is 17.7 Å². The van der Waals surface area contributed by atoms with Gasteiger partial charge in [0, 0.05) is 19.6 Å². The number of carbonyl (C=O) groups excluding carboxylic acids is 2. The number of anilines is 2. The van der Waals surface area contributed by atoms with E-state index in [2.05, 4.69) is 25.9 Å². The second-order valence-corrected chi connectivity index (χ2v) is 10.8. The van der Waals surface area contributed by atoms with Gasteiger partial charge in [-0.05, 0) is 56.4 Å². The van der Waals surface area contributed by atoms with Crippen molar-refractivity contribution in [3.63, 3.8) is 0 Å². The summed E-state index contributed by atoms with van der Waals surface area (Å²) >= 11 is 0. The van der Waals surface area contributed by atoms with Gasteiger partial charge in [0.25, 0.3) is 12.3 Å². The van der Waals surface area contributed by atoms with Crippen LogP contribution in [-0.4, -0.2) is 62.8 Å². The molecule has 0 saturated heterocycles. The number of benzene rings is 1. The molecule has 0 spiro atoms. The second-order valence-electron chi connectivity index (χ2n) is 10.8. The van der Waals surface area contributed by atoms with Crippen LogP contribution in [0.25, 0.3) is 11.2 Å². The van der Waals surface area contributed by atoms with Crippen molar-refractivity contribution in [3.8, 4) is 5.88 Å². The summed E-state index contributed by atoms with van der Waals surface area (Å²) in [5.41, 5.74) is -1.73. The van der Waals surface area contributed by atoms with Gasteiger partial charge in [-0.25, -0.2) is 13.8 Å². The van der Waals surface area contributed by atoms with Crippen LogP contribution in [0.2, 0.25) is 0 Å². The van der Waals surface area contributed by atoms with Crippen LogP contribution in [0.15, 0.2) is 24.3 Å². The van der Waals surface area contributed by atoms with E-state index in [0.29, 0.717) is 0 Å². The van der Waals surface area contributed by atoms with E-state index in [1.807, 2.05) is 0 Å². The van der Waals surface area contributed by atoms with E-state index < -0.39 is 72.4 Å². The van der Waals surface area contributed by atoms with Crippen LogP contribution in [0.4, 0.5) is 46.8 Å². The summed E-state index contributed by atoms with van der Waals surface area (Å²) < 4.78 is 113. The number of imidazole rings is 1. The minimum absolute atomic E-state index is 0.0276. The van der Waals surface area contributed by atoms with Gasteiger partial charge < -0.3 is 25.8 Å². The lowest BCUT2D eigenvalue weighted by molar-refractivity contribution is -0.182. The molecule has 0 bridgehead atoms. The van der Waals surface area contributed by atoms with E-state index in [-0.39, 0.29) is 60.5 Å². The van der Waals surface area contributed by atoms with Gasteiger partial charge in [-0.3, -0.25) is 14.2 Å². The molecule has 1 atom stereocenters. The first-order valence-electron chi connectivity index (χ1n) is 14.0. The number of hydrogen-bond acceptors (Lipinski definition) is 7. The summed E-state index contributed by atoms with van der Waals surface area (Å²) in [6, 6.07) is 3.54. The number of aliphatic hydroxyl groups excluding tert-OH is 1. The van der Waals surface area contributed by atoms with Crippen LogP contribution in [0.1, 0.15) is 54.1 Å². The van der Waals surface area contributed by atoms with Crippen molar-refractivity contribution in [3.05, 3.63) is 41.0 Å². The number of amides is 2. The lowest BCUT2D eigenvalue weighted by atomic mass is 9.85. The number of alkyl halides is 8. The first-order valence-corrected chi connectivity index (χ1v) is 14.0. The highest BCUT2D eigenvalue weighted by atomic mass is 19.4. The molecule has 2 amide bonds. The number of aryl methyl sites for hydroxylation is 1. The van der Waals surface area contributed by atoms with Crippen LogP contribution in [0.5, 0.6) is 5.88 Å². The number of ether oxygens (including phenoxy) is 1. The molecular formula is C28H30F8N6O4. The maximum atomic E-state index is 13.9.